The van der Waals surface area contributed by atoms with E-state index in [0.717, 1.165) is 29.8 Å². The summed E-state index contributed by atoms with van der Waals surface area (Å²) in [5.41, 5.74) is 3.92. The maximum Gasteiger partial charge on any atom is 0.246 e. The molecule has 1 fully saturated rings. The summed E-state index contributed by atoms with van der Waals surface area (Å²) in [6.45, 7) is 6.86. The molecule has 1 aliphatic rings. The molecule has 2 aromatic carbocycles. The fourth-order valence-electron chi connectivity index (χ4n) is 3.86. The highest BCUT2D eigenvalue weighted by atomic mass is 16.2. The summed E-state index contributed by atoms with van der Waals surface area (Å²) in [5.74, 6) is 1.19. The standard InChI is InChI=1S/C27H32N4O2/c1-4-26(33)30(16-20-10-11-20)18-25(32)29-27-28-24(22-8-6-5-7-9-22)17-31(27)23-14-12-21(13-15-23)19(2)3/h5-9,12-15,17,19-20H,4,10-11,16,18H2,1-3H3,(H,28,29,32). The predicted octanol–water partition coefficient (Wildman–Crippen LogP) is 5.25. The Balaban J connectivity index is 1.60. The Hall–Kier alpha value is -3.41. The first kappa shape index (κ1) is 22.8. The van der Waals surface area contributed by atoms with Gasteiger partial charge in [-0.25, -0.2) is 4.98 Å². The number of nitrogens with zero attached hydrogens (tertiary/aromatic N) is 3. The molecule has 1 saturated carbocycles. The first-order valence-corrected chi connectivity index (χ1v) is 11.8. The van der Waals surface area contributed by atoms with Crippen LogP contribution in [0.3, 0.4) is 0 Å². The molecule has 1 heterocycles. The number of amides is 2. The molecule has 0 saturated heterocycles. The van der Waals surface area contributed by atoms with Crippen molar-refractivity contribution in [3.8, 4) is 16.9 Å². The topological polar surface area (TPSA) is 67.2 Å². The third kappa shape index (κ3) is 5.69. The molecule has 6 heteroatoms. The maximum absolute atomic E-state index is 13.0. The van der Waals surface area contributed by atoms with E-state index in [2.05, 4.69) is 31.3 Å². The Labute approximate surface area is 195 Å². The minimum Gasteiger partial charge on any atom is -0.333 e. The van der Waals surface area contributed by atoms with E-state index < -0.39 is 0 Å². The van der Waals surface area contributed by atoms with Crippen LogP contribution in [0.4, 0.5) is 5.95 Å². The smallest absolute Gasteiger partial charge is 0.246 e. The average Bonchev–Trinajstić information content (AvgIpc) is 3.55. The van der Waals surface area contributed by atoms with Gasteiger partial charge in [-0.3, -0.25) is 19.5 Å². The summed E-state index contributed by atoms with van der Waals surface area (Å²) in [5, 5.41) is 2.96. The molecule has 0 atom stereocenters. The Morgan fingerprint density at radius 1 is 1.09 bits per heavy atom. The number of hydrogen-bond donors (Lipinski definition) is 1. The lowest BCUT2D eigenvalue weighted by Gasteiger charge is -2.21. The van der Waals surface area contributed by atoms with Crippen LogP contribution < -0.4 is 5.32 Å². The third-order valence-electron chi connectivity index (χ3n) is 6.03. The number of imidazole rings is 1. The van der Waals surface area contributed by atoms with Crippen LogP contribution in [0, 0.1) is 5.92 Å². The van der Waals surface area contributed by atoms with Gasteiger partial charge in [-0.1, -0.05) is 63.2 Å². The van der Waals surface area contributed by atoms with Gasteiger partial charge >= 0.3 is 0 Å². The van der Waals surface area contributed by atoms with Gasteiger partial charge in [-0.05, 0) is 42.4 Å². The van der Waals surface area contributed by atoms with Crippen molar-refractivity contribution >= 4 is 17.8 Å². The zero-order valence-electron chi connectivity index (χ0n) is 19.6. The van der Waals surface area contributed by atoms with E-state index in [1.54, 1.807) is 4.90 Å². The minimum atomic E-state index is -0.234. The summed E-state index contributed by atoms with van der Waals surface area (Å²) in [6.07, 6.45) is 4.60. The van der Waals surface area contributed by atoms with Crippen LogP contribution in [0.1, 0.15) is 51.5 Å². The van der Waals surface area contributed by atoms with E-state index in [1.807, 2.05) is 60.2 Å². The van der Waals surface area contributed by atoms with Gasteiger partial charge in [-0.15, -0.1) is 0 Å². The number of nitrogens with one attached hydrogen (secondary N) is 1. The SMILES string of the molecule is CCC(=O)N(CC(=O)Nc1nc(-c2ccccc2)cn1-c1ccc(C(C)C)cc1)CC1CC1. The van der Waals surface area contributed by atoms with E-state index in [1.165, 1.54) is 5.56 Å². The second-order valence-electron chi connectivity index (χ2n) is 9.05. The van der Waals surface area contributed by atoms with Crippen molar-refractivity contribution in [3.63, 3.8) is 0 Å². The molecule has 172 valence electrons. The summed E-state index contributed by atoms with van der Waals surface area (Å²) in [7, 11) is 0. The van der Waals surface area contributed by atoms with Gasteiger partial charge in [0.15, 0.2) is 0 Å². The van der Waals surface area contributed by atoms with Gasteiger partial charge in [0, 0.05) is 30.4 Å². The largest absolute Gasteiger partial charge is 0.333 e. The number of rotatable bonds is 9. The van der Waals surface area contributed by atoms with Crippen LogP contribution in [0.5, 0.6) is 0 Å². The normalized spacial score (nSPS) is 13.2. The quantitative estimate of drug-likeness (QED) is 0.490. The zero-order valence-corrected chi connectivity index (χ0v) is 19.6. The lowest BCUT2D eigenvalue weighted by Crippen LogP contribution is -2.39. The monoisotopic (exact) mass is 444 g/mol. The Kier molecular flexibility index (Phi) is 6.92. The second-order valence-corrected chi connectivity index (χ2v) is 9.05. The lowest BCUT2D eigenvalue weighted by molar-refractivity contribution is -0.134. The van der Waals surface area contributed by atoms with Gasteiger partial charge in [-0.2, -0.15) is 0 Å². The zero-order chi connectivity index (χ0) is 23.4. The number of hydrogen-bond acceptors (Lipinski definition) is 3. The maximum atomic E-state index is 13.0. The summed E-state index contributed by atoms with van der Waals surface area (Å²) >= 11 is 0. The number of aromatic nitrogens is 2. The fourth-order valence-corrected chi connectivity index (χ4v) is 3.86. The van der Waals surface area contributed by atoms with E-state index in [4.69, 9.17) is 4.98 Å². The molecule has 0 radical (unpaired) electrons. The van der Waals surface area contributed by atoms with Crippen LogP contribution in [0.15, 0.2) is 60.8 Å². The predicted molar refractivity (Wildman–Crippen MR) is 131 cm³/mol. The van der Waals surface area contributed by atoms with Crippen molar-refractivity contribution in [2.45, 2.75) is 46.0 Å². The van der Waals surface area contributed by atoms with E-state index in [0.29, 0.717) is 30.7 Å². The Bertz CT molecular complexity index is 1100. The van der Waals surface area contributed by atoms with Gasteiger partial charge in [0.1, 0.15) is 0 Å². The van der Waals surface area contributed by atoms with Gasteiger partial charge in [0.05, 0.1) is 12.2 Å². The van der Waals surface area contributed by atoms with Crippen molar-refractivity contribution in [1.82, 2.24) is 14.5 Å². The van der Waals surface area contributed by atoms with E-state index in [9.17, 15) is 9.59 Å². The molecule has 4 rings (SSSR count). The fraction of sp³-hybridized carbons (Fsp3) is 0.370. The van der Waals surface area contributed by atoms with E-state index in [-0.39, 0.29) is 18.4 Å². The highest BCUT2D eigenvalue weighted by Crippen LogP contribution is 2.30. The van der Waals surface area contributed by atoms with Gasteiger partial charge < -0.3 is 4.90 Å². The van der Waals surface area contributed by atoms with Crippen molar-refractivity contribution in [2.24, 2.45) is 5.92 Å². The highest BCUT2D eigenvalue weighted by molar-refractivity contribution is 5.93. The molecule has 6 nitrogen and oxygen atoms in total. The third-order valence-corrected chi connectivity index (χ3v) is 6.03. The Morgan fingerprint density at radius 2 is 1.79 bits per heavy atom. The number of carbonyl (C=O) groups excluding carboxylic acids is 2. The van der Waals surface area contributed by atoms with Gasteiger partial charge in [0.2, 0.25) is 17.8 Å². The summed E-state index contributed by atoms with van der Waals surface area (Å²) in [6, 6.07) is 18.2. The molecular formula is C27H32N4O2. The molecule has 3 aromatic rings. The van der Waals surface area contributed by atoms with Crippen molar-refractivity contribution in [1.29, 1.82) is 0 Å². The highest BCUT2D eigenvalue weighted by Gasteiger charge is 2.27. The van der Waals surface area contributed by atoms with Crippen molar-refractivity contribution in [3.05, 3.63) is 66.4 Å². The molecule has 0 spiro atoms. The Morgan fingerprint density at radius 3 is 2.39 bits per heavy atom. The van der Waals surface area contributed by atoms with Crippen LogP contribution in [0.2, 0.25) is 0 Å². The number of benzene rings is 2. The molecular weight excluding hydrogens is 412 g/mol. The van der Waals surface area contributed by atoms with Crippen LogP contribution in [0.25, 0.3) is 16.9 Å². The first-order chi connectivity index (χ1) is 15.9. The number of carbonyl (C=O) groups is 2. The summed E-state index contributed by atoms with van der Waals surface area (Å²) < 4.78 is 1.90. The molecule has 1 aliphatic carbocycles. The summed E-state index contributed by atoms with van der Waals surface area (Å²) in [4.78, 5) is 31.7. The van der Waals surface area contributed by atoms with Crippen LogP contribution in [-0.2, 0) is 9.59 Å². The van der Waals surface area contributed by atoms with Gasteiger partial charge in [0.25, 0.3) is 0 Å². The molecule has 0 unspecified atom stereocenters. The minimum absolute atomic E-state index is 0.00893. The molecule has 0 bridgehead atoms. The molecule has 1 aromatic heterocycles. The molecule has 1 N–H and O–H groups in total. The molecule has 2 amide bonds. The lowest BCUT2D eigenvalue weighted by atomic mass is 10.0. The number of anilines is 1. The molecule has 33 heavy (non-hydrogen) atoms. The van der Waals surface area contributed by atoms with E-state index >= 15 is 0 Å². The van der Waals surface area contributed by atoms with Crippen molar-refractivity contribution in [2.75, 3.05) is 18.4 Å². The van der Waals surface area contributed by atoms with Crippen LogP contribution >= 0.6 is 0 Å². The first-order valence-electron chi connectivity index (χ1n) is 11.8. The average molecular weight is 445 g/mol. The van der Waals surface area contributed by atoms with Crippen LogP contribution in [-0.4, -0.2) is 39.4 Å². The molecule has 0 aliphatic heterocycles. The van der Waals surface area contributed by atoms with Crippen molar-refractivity contribution < 1.29 is 9.59 Å². The second kappa shape index (κ2) is 10.0.